The normalized spacial score (nSPS) is 15.4. The highest BCUT2D eigenvalue weighted by Crippen LogP contribution is 2.24. The third-order valence-corrected chi connectivity index (χ3v) is 7.46. The van der Waals surface area contributed by atoms with E-state index in [1.54, 1.807) is 18.2 Å². The van der Waals surface area contributed by atoms with Gasteiger partial charge in [-0.1, -0.05) is 30.3 Å². The second-order valence-electron chi connectivity index (χ2n) is 7.78. The summed E-state index contributed by atoms with van der Waals surface area (Å²) in [5.74, 6) is -0.0136. The van der Waals surface area contributed by atoms with Crippen LogP contribution in [0.1, 0.15) is 28.9 Å². The quantitative estimate of drug-likeness (QED) is 0.584. The number of aryl methyl sites for hydroxylation is 1. The van der Waals surface area contributed by atoms with Crippen molar-refractivity contribution in [1.29, 1.82) is 0 Å². The molecule has 0 spiro atoms. The van der Waals surface area contributed by atoms with Crippen molar-refractivity contribution >= 4 is 27.7 Å². The van der Waals surface area contributed by atoms with Gasteiger partial charge in [-0.05, 0) is 56.2 Å². The van der Waals surface area contributed by atoms with E-state index in [1.165, 1.54) is 10.4 Å². The number of hydrogen-bond donors (Lipinski definition) is 1. The van der Waals surface area contributed by atoms with E-state index in [1.807, 2.05) is 61.0 Å². The molecule has 4 rings (SSSR count). The van der Waals surface area contributed by atoms with E-state index < -0.39 is 10.0 Å². The van der Waals surface area contributed by atoms with E-state index >= 15 is 0 Å². The SMILES string of the molecule is Cc1nn(-c2ccccc2)c(C)c1CNC(=O)/C=C/c1ccc(N2CCCS2(=O)=O)cc1. The summed E-state index contributed by atoms with van der Waals surface area (Å²) in [6, 6.07) is 17.0. The lowest BCUT2D eigenvalue weighted by Gasteiger charge is -2.16. The number of sulfonamides is 1. The zero-order chi connectivity index (χ0) is 22.7. The number of carbonyl (C=O) groups excluding carboxylic acids is 1. The van der Waals surface area contributed by atoms with Gasteiger partial charge in [0.2, 0.25) is 15.9 Å². The monoisotopic (exact) mass is 450 g/mol. The van der Waals surface area contributed by atoms with Crippen LogP contribution in [0.5, 0.6) is 0 Å². The van der Waals surface area contributed by atoms with Gasteiger partial charge in [-0.25, -0.2) is 13.1 Å². The highest BCUT2D eigenvalue weighted by Gasteiger charge is 2.28. The zero-order valence-corrected chi connectivity index (χ0v) is 19.0. The fourth-order valence-corrected chi connectivity index (χ4v) is 5.40. The van der Waals surface area contributed by atoms with Crippen molar-refractivity contribution < 1.29 is 13.2 Å². The topological polar surface area (TPSA) is 84.3 Å². The molecule has 1 aliphatic rings. The Labute approximate surface area is 188 Å². The summed E-state index contributed by atoms with van der Waals surface area (Å²) in [7, 11) is -3.19. The highest BCUT2D eigenvalue weighted by atomic mass is 32.2. The number of nitrogens with zero attached hydrogens (tertiary/aromatic N) is 3. The Morgan fingerprint density at radius 1 is 1.06 bits per heavy atom. The maximum absolute atomic E-state index is 12.3. The van der Waals surface area contributed by atoms with E-state index in [4.69, 9.17) is 0 Å². The molecule has 1 aliphatic heterocycles. The Morgan fingerprint density at radius 2 is 1.78 bits per heavy atom. The summed E-state index contributed by atoms with van der Waals surface area (Å²) >= 11 is 0. The van der Waals surface area contributed by atoms with Crippen molar-refractivity contribution in [3.63, 3.8) is 0 Å². The predicted octanol–water partition coefficient (Wildman–Crippen LogP) is 3.36. The van der Waals surface area contributed by atoms with Gasteiger partial charge in [0.05, 0.1) is 22.8 Å². The highest BCUT2D eigenvalue weighted by molar-refractivity contribution is 7.93. The number of rotatable bonds is 6. The van der Waals surface area contributed by atoms with E-state index in [-0.39, 0.29) is 11.7 Å². The van der Waals surface area contributed by atoms with Crippen LogP contribution in [0, 0.1) is 13.8 Å². The van der Waals surface area contributed by atoms with E-state index in [9.17, 15) is 13.2 Å². The molecule has 0 aliphatic carbocycles. The standard InChI is InChI=1S/C24H26N4O3S/c1-18-23(19(2)28(26-18)22-7-4-3-5-8-22)17-25-24(29)14-11-20-9-12-21(13-10-20)27-15-6-16-32(27,30)31/h3-5,7-14H,6,15-17H2,1-2H3,(H,25,29)/b14-11+. The van der Waals surface area contributed by atoms with Crippen molar-refractivity contribution in [2.24, 2.45) is 0 Å². The number of para-hydroxylation sites is 1. The largest absolute Gasteiger partial charge is 0.348 e. The molecule has 3 aromatic rings. The molecule has 0 saturated carbocycles. The molecule has 0 radical (unpaired) electrons. The average molecular weight is 451 g/mol. The number of nitrogens with one attached hydrogen (secondary N) is 1. The van der Waals surface area contributed by atoms with Gasteiger partial charge in [0.1, 0.15) is 0 Å². The molecule has 1 amide bonds. The molecular weight excluding hydrogens is 424 g/mol. The van der Waals surface area contributed by atoms with Gasteiger partial charge in [0.25, 0.3) is 0 Å². The summed E-state index contributed by atoms with van der Waals surface area (Å²) in [5, 5.41) is 7.52. The Bertz CT molecular complexity index is 1250. The molecule has 8 heteroatoms. The molecule has 0 atom stereocenters. The van der Waals surface area contributed by atoms with Crippen molar-refractivity contribution in [3.8, 4) is 5.69 Å². The smallest absolute Gasteiger partial charge is 0.244 e. The van der Waals surface area contributed by atoms with Gasteiger partial charge < -0.3 is 5.32 Å². The maximum atomic E-state index is 12.3. The number of hydrogen-bond acceptors (Lipinski definition) is 4. The van der Waals surface area contributed by atoms with E-state index in [0.717, 1.165) is 28.2 Å². The Hall–Kier alpha value is -3.39. The first kappa shape index (κ1) is 21.8. The predicted molar refractivity (Wildman–Crippen MR) is 126 cm³/mol. The van der Waals surface area contributed by atoms with Crippen LogP contribution >= 0.6 is 0 Å². The number of aromatic nitrogens is 2. The van der Waals surface area contributed by atoms with E-state index in [0.29, 0.717) is 25.2 Å². The number of carbonyl (C=O) groups is 1. The second-order valence-corrected chi connectivity index (χ2v) is 9.79. The van der Waals surface area contributed by atoms with Crippen molar-refractivity contribution in [2.45, 2.75) is 26.8 Å². The first-order valence-corrected chi connectivity index (χ1v) is 12.1. The molecule has 0 unspecified atom stereocenters. The van der Waals surface area contributed by atoms with Gasteiger partial charge in [-0.2, -0.15) is 5.10 Å². The molecule has 2 heterocycles. The van der Waals surface area contributed by atoms with Crippen LogP contribution in [0.2, 0.25) is 0 Å². The Kier molecular flexibility index (Phi) is 6.14. The van der Waals surface area contributed by atoms with Crippen LogP contribution in [-0.2, 0) is 21.4 Å². The van der Waals surface area contributed by atoms with Crippen LogP contribution in [0.4, 0.5) is 5.69 Å². The number of benzene rings is 2. The van der Waals surface area contributed by atoms with Crippen molar-refractivity contribution in [3.05, 3.63) is 83.2 Å². The van der Waals surface area contributed by atoms with Crippen molar-refractivity contribution in [1.82, 2.24) is 15.1 Å². The Balaban J connectivity index is 1.38. The van der Waals surface area contributed by atoms with Crippen LogP contribution in [0.25, 0.3) is 11.8 Å². The molecule has 1 N–H and O–H groups in total. The first-order valence-electron chi connectivity index (χ1n) is 10.5. The summed E-state index contributed by atoms with van der Waals surface area (Å²) in [5.41, 5.74) is 5.33. The second kappa shape index (κ2) is 9.00. The van der Waals surface area contributed by atoms with E-state index in [2.05, 4.69) is 10.4 Å². The third-order valence-electron chi connectivity index (χ3n) is 5.59. The van der Waals surface area contributed by atoms with Gasteiger partial charge >= 0.3 is 0 Å². The molecule has 1 aromatic heterocycles. The minimum Gasteiger partial charge on any atom is -0.348 e. The molecule has 1 saturated heterocycles. The van der Waals surface area contributed by atoms with Crippen LogP contribution in [-0.4, -0.2) is 36.4 Å². The molecule has 7 nitrogen and oxygen atoms in total. The number of anilines is 1. The van der Waals surface area contributed by atoms with Crippen molar-refractivity contribution in [2.75, 3.05) is 16.6 Å². The van der Waals surface area contributed by atoms with Gasteiger partial charge in [0, 0.05) is 30.4 Å². The fraction of sp³-hybridized carbons (Fsp3) is 0.250. The average Bonchev–Trinajstić information content (AvgIpc) is 3.29. The maximum Gasteiger partial charge on any atom is 0.244 e. The van der Waals surface area contributed by atoms with Gasteiger partial charge in [-0.3, -0.25) is 9.10 Å². The molecule has 1 fully saturated rings. The molecule has 32 heavy (non-hydrogen) atoms. The summed E-state index contributed by atoms with van der Waals surface area (Å²) in [4.78, 5) is 12.3. The van der Waals surface area contributed by atoms with Crippen LogP contribution < -0.4 is 9.62 Å². The van der Waals surface area contributed by atoms with Crippen LogP contribution in [0.15, 0.2) is 60.7 Å². The van der Waals surface area contributed by atoms with Gasteiger partial charge in [-0.15, -0.1) is 0 Å². The van der Waals surface area contributed by atoms with Crippen LogP contribution in [0.3, 0.4) is 0 Å². The lowest BCUT2D eigenvalue weighted by molar-refractivity contribution is -0.116. The lowest BCUT2D eigenvalue weighted by atomic mass is 10.2. The summed E-state index contributed by atoms with van der Waals surface area (Å²) < 4.78 is 27.4. The summed E-state index contributed by atoms with van der Waals surface area (Å²) in [6.07, 6.45) is 3.84. The Morgan fingerprint density at radius 3 is 2.44 bits per heavy atom. The minimum absolute atomic E-state index is 0.192. The minimum atomic E-state index is -3.19. The molecule has 2 aromatic carbocycles. The molecule has 0 bridgehead atoms. The third kappa shape index (κ3) is 4.60. The summed E-state index contributed by atoms with van der Waals surface area (Å²) in [6.45, 7) is 4.83. The first-order chi connectivity index (χ1) is 15.3. The zero-order valence-electron chi connectivity index (χ0n) is 18.2. The van der Waals surface area contributed by atoms with Gasteiger partial charge in [0.15, 0.2) is 0 Å². The molecule has 166 valence electrons. The number of amides is 1. The lowest BCUT2D eigenvalue weighted by Crippen LogP contribution is -2.24. The molecular formula is C24H26N4O3S. The fourth-order valence-electron chi connectivity index (χ4n) is 3.84.